The van der Waals surface area contributed by atoms with E-state index in [0.717, 1.165) is 88.1 Å². The molecule has 0 radical (unpaired) electrons. The highest BCUT2D eigenvalue weighted by atomic mass is 16.3. The van der Waals surface area contributed by atoms with Crippen molar-refractivity contribution in [2.45, 2.75) is 0 Å². The van der Waals surface area contributed by atoms with Crippen molar-refractivity contribution >= 4 is 87.5 Å². The fraction of sp³-hybridized carbons (Fsp3) is 0. The lowest BCUT2D eigenvalue weighted by atomic mass is 10.00. The SMILES string of the molecule is c1ccc2c(c1)oc1c2ccc2c1c1ccccc1n2-c1ccc(-c2ccc(-c3ccc(-n4c5ccccc5c5c6oc7ccccc7c6ccc54)cc3)cc2)cc1. The number of aromatic nitrogens is 2. The maximum absolute atomic E-state index is 6.50. The standard InChI is InChI=1S/C54H32N2O2/c1-5-13-45-43(11-1)51-47(31-29-41-39-9-3-7-15-49(39)57-53(41)51)55(45)37-25-21-35(22-26-37)33-17-19-34(20-18-33)36-23-27-38(28-24-36)56-46-14-6-2-12-44(46)52-48(56)32-30-42-40-10-4-8-16-50(40)58-54(42)52/h1-32H. The molecule has 0 saturated carbocycles. The van der Waals surface area contributed by atoms with E-state index in [1.165, 1.54) is 33.0 Å². The minimum absolute atomic E-state index is 0.916. The van der Waals surface area contributed by atoms with Gasteiger partial charge in [-0.25, -0.2) is 0 Å². The Morgan fingerprint density at radius 2 is 0.603 bits per heavy atom. The summed E-state index contributed by atoms with van der Waals surface area (Å²) < 4.78 is 17.7. The average molecular weight is 741 g/mol. The molecule has 4 heteroatoms. The summed E-state index contributed by atoms with van der Waals surface area (Å²) in [5, 5.41) is 9.26. The van der Waals surface area contributed by atoms with Gasteiger partial charge in [-0.3, -0.25) is 0 Å². The van der Waals surface area contributed by atoms with Crippen LogP contribution in [0.1, 0.15) is 0 Å². The van der Waals surface area contributed by atoms with Gasteiger partial charge in [0, 0.05) is 43.7 Å². The van der Waals surface area contributed by atoms with Crippen LogP contribution in [0.4, 0.5) is 0 Å². The molecule has 9 aromatic carbocycles. The molecule has 13 aromatic rings. The third kappa shape index (κ3) is 4.40. The van der Waals surface area contributed by atoms with Gasteiger partial charge in [0.15, 0.2) is 0 Å². The summed E-state index contributed by atoms with van der Waals surface area (Å²) in [5.41, 5.74) is 15.3. The van der Waals surface area contributed by atoms with Crippen LogP contribution < -0.4 is 0 Å². The van der Waals surface area contributed by atoms with Gasteiger partial charge < -0.3 is 18.0 Å². The molecule has 0 aliphatic heterocycles. The third-order valence-corrected chi connectivity index (χ3v) is 12.2. The van der Waals surface area contributed by atoms with Crippen LogP contribution in [-0.4, -0.2) is 9.13 Å². The summed E-state index contributed by atoms with van der Waals surface area (Å²) in [6.07, 6.45) is 0. The Balaban J connectivity index is 0.834. The zero-order chi connectivity index (χ0) is 37.9. The fourth-order valence-corrected chi connectivity index (χ4v) is 9.49. The quantitative estimate of drug-likeness (QED) is 0.180. The number of para-hydroxylation sites is 4. The lowest BCUT2D eigenvalue weighted by Gasteiger charge is -2.11. The molecule has 4 nitrogen and oxygen atoms in total. The minimum atomic E-state index is 0.916. The monoisotopic (exact) mass is 740 g/mol. The van der Waals surface area contributed by atoms with E-state index in [1.807, 2.05) is 12.1 Å². The highest BCUT2D eigenvalue weighted by Crippen LogP contribution is 2.42. The highest BCUT2D eigenvalue weighted by molar-refractivity contribution is 6.25. The van der Waals surface area contributed by atoms with Gasteiger partial charge in [-0.15, -0.1) is 0 Å². The maximum atomic E-state index is 6.50. The van der Waals surface area contributed by atoms with Crippen molar-refractivity contribution in [3.8, 4) is 33.6 Å². The Morgan fingerprint density at radius 1 is 0.259 bits per heavy atom. The average Bonchev–Trinajstić information content (AvgIpc) is 4.04. The lowest BCUT2D eigenvalue weighted by molar-refractivity contribution is 0.672. The van der Waals surface area contributed by atoms with Gasteiger partial charge >= 0.3 is 0 Å². The van der Waals surface area contributed by atoms with Crippen molar-refractivity contribution in [1.29, 1.82) is 0 Å². The van der Waals surface area contributed by atoms with Crippen LogP contribution in [0.25, 0.3) is 121 Å². The van der Waals surface area contributed by atoms with Gasteiger partial charge in [0.25, 0.3) is 0 Å². The number of furan rings is 2. The first-order chi connectivity index (χ1) is 28.8. The molecule has 0 aliphatic carbocycles. The number of hydrogen-bond acceptors (Lipinski definition) is 2. The second kappa shape index (κ2) is 11.8. The summed E-state index contributed by atoms with van der Waals surface area (Å²) in [6, 6.07) is 69.4. The van der Waals surface area contributed by atoms with Crippen molar-refractivity contribution in [3.63, 3.8) is 0 Å². The largest absolute Gasteiger partial charge is 0.455 e. The molecule has 4 aromatic heterocycles. The zero-order valence-electron chi connectivity index (χ0n) is 31.2. The van der Waals surface area contributed by atoms with E-state index in [0.29, 0.717) is 0 Å². The van der Waals surface area contributed by atoms with Gasteiger partial charge in [0.05, 0.1) is 32.8 Å². The molecule has 0 N–H and O–H groups in total. The molecule has 0 bridgehead atoms. The van der Waals surface area contributed by atoms with Crippen molar-refractivity contribution in [3.05, 3.63) is 194 Å². The Bertz CT molecular complexity index is 3510. The Hall–Kier alpha value is -7.82. The predicted octanol–water partition coefficient (Wildman–Crippen LogP) is 15.0. The normalized spacial score (nSPS) is 12.1. The lowest BCUT2D eigenvalue weighted by Crippen LogP contribution is -1.94. The molecular formula is C54H32N2O2. The van der Waals surface area contributed by atoms with E-state index >= 15 is 0 Å². The van der Waals surface area contributed by atoms with E-state index in [-0.39, 0.29) is 0 Å². The number of nitrogens with zero attached hydrogens (tertiary/aromatic N) is 2. The van der Waals surface area contributed by atoms with Gasteiger partial charge in [0.2, 0.25) is 0 Å². The van der Waals surface area contributed by atoms with Crippen molar-refractivity contribution in [2.75, 3.05) is 0 Å². The molecule has 0 spiro atoms. The highest BCUT2D eigenvalue weighted by Gasteiger charge is 2.20. The molecule has 270 valence electrons. The summed E-state index contributed by atoms with van der Waals surface area (Å²) in [4.78, 5) is 0. The second-order valence-electron chi connectivity index (χ2n) is 15.2. The topological polar surface area (TPSA) is 36.1 Å². The van der Waals surface area contributed by atoms with Gasteiger partial charge in [-0.2, -0.15) is 0 Å². The molecule has 0 aliphatic rings. The third-order valence-electron chi connectivity index (χ3n) is 12.2. The van der Waals surface area contributed by atoms with E-state index in [9.17, 15) is 0 Å². The van der Waals surface area contributed by atoms with Crippen molar-refractivity contribution in [1.82, 2.24) is 9.13 Å². The maximum Gasteiger partial charge on any atom is 0.145 e. The van der Waals surface area contributed by atoms with Gasteiger partial charge in [-0.1, -0.05) is 121 Å². The first-order valence-electron chi connectivity index (χ1n) is 19.8. The summed E-state index contributed by atoms with van der Waals surface area (Å²) >= 11 is 0. The summed E-state index contributed by atoms with van der Waals surface area (Å²) in [6.45, 7) is 0. The van der Waals surface area contributed by atoms with Gasteiger partial charge in [0.1, 0.15) is 22.3 Å². The predicted molar refractivity (Wildman–Crippen MR) is 241 cm³/mol. The first-order valence-corrected chi connectivity index (χ1v) is 19.8. The van der Waals surface area contributed by atoms with Crippen LogP contribution in [0.5, 0.6) is 0 Å². The van der Waals surface area contributed by atoms with Crippen LogP contribution in [0.3, 0.4) is 0 Å². The van der Waals surface area contributed by atoms with Crippen molar-refractivity contribution in [2.24, 2.45) is 0 Å². The summed E-state index contributed by atoms with van der Waals surface area (Å²) in [7, 11) is 0. The van der Waals surface area contributed by atoms with Crippen LogP contribution in [-0.2, 0) is 0 Å². The Kier molecular flexibility index (Phi) is 6.41. The Labute approximate surface area is 332 Å². The molecule has 0 fully saturated rings. The van der Waals surface area contributed by atoms with E-state index < -0.39 is 0 Å². The number of rotatable bonds is 4. The molecule has 0 amide bonds. The molecule has 13 rings (SSSR count). The summed E-state index contributed by atoms with van der Waals surface area (Å²) in [5.74, 6) is 0. The van der Waals surface area contributed by atoms with Crippen LogP contribution in [0, 0.1) is 0 Å². The van der Waals surface area contributed by atoms with Crippen LogP contribution >= 0.6 is 0 Å². The van der Waals surface area contributed by atoms with Crippen molar-refractivity contribution < 1.29 is 8.83 Å². The number of benzene rings is 9. The number of hydrogen-bond donors (Lipinski definition) is 0. The molecule has 0 unspecified atom stereocenters. The minimum Gasteiger partial charge on any atom is -0.455 e. The zero-order valence-corrected chi connectivity index (χ0v) is 31.2. The van der Waals surface area contributed by atoms with E-state index in [1.54, 1.807) is 0 Å². The van der Waals surface area contributed by atoms with Crippen LogP contribution in [0.15, 0.2) is 203 Å². The van der Waals surface area contributed by atoms with Crippen LogP contribution in [0.2, 0.25) is 0 Å². The molecule has 58 heavy (non-hydrogen) atoms. The van der Waals surface area contributed by atoms with E-state index in [2.05, 4.69) is 191 Å². The molecular weight excluding hydrogens is 709 g/mol. The molecule has 0 saturated heterocycles. The smallest absolute Gasteiger partial charge is 0.145 e. The van der Waals surface area contributed by atoms with Gasteiger partial charge in [-0.05, 0) is 95.1 Å². The first kappa shape index (κ1) is 31.4. The second-order valence-corrected chi connectivity index (χ2v) is 15.2. The molecule has 0 atom stereocenters. The fourth-order valence-electron chi connectivity index (χ4n) is 9.49. The molecule has 4 heterocycles. The number of fused-ring (bicyclic) bond motifs is 14. The Morgan fingerprint density at radius 3 is 1.02 bits per heavy atom. The van der Waals surface area contributed by atoms with E-state index in [4.69, 9.17) is 8.83 Å².